The zero-order valence-electron chi connectivity index (χ0n) is 12.5. The fraction of sp³-hybridized carbons (Fsp3) is 0.647. The predicted octanol–water partition coefficient (Wildman–Crippen LogP) is 6.52. The smallest absolute Gasteiger partial charge is 0.0468 e. The van der Waals surface area contributed by atoms with E-state index in [9.17, 15) is 0 Å². The number of unbranched alkanes of at least 4 members (excludes halogenated alkanes) is 7. The molecule has 3 heteroatoms. The minimum Gasteiger partial charge on any atom is -0.324 e. The first kappa shape index (κ1) is 17.8. The normalized spacial score (nSPS) is 12.6. The molecule has 0 aromatic heterocycles. The highest BCUT2D eigenvalue weighted by atomic mass is 35.5. The van der Waals surface area contributed by atoms with E-state index >= 15 is 0 Å². The van der Waals surface area contributed by atoms with Crippen molar-refractivity contribution >= 4 is 23.2 Å². The van der Waals surface area contributed by atoms with Gasteiger partial charge < -0.3 is 5.73 Å². The molecule has 0 saturated carbocycles. The lowest BCUT2D eigenvalue weighted by atomic mass is 10.00. The molecule has 0 aliphatic heterocycles. The molecule has 1 aromatic rings. The van der Waals surface area contributed by atoms with Gasteiger partial charge in [0, 0.05) is 16.1 Å². The molecule has 0 radical (unpaired) electrons. The molecule has 1 aromatic carbocycles. The summed E-state index contributed by atoms with van der Waals surface area (Å²) in [4.78, 5) is 0. The Bertz CT molecular complexity index is 379. The maximum absolute atomic E-state index is 6.20. The third-order valence-electron chi connectivity index (χ3n) is 3.73. The van der Waals surface area contributed by atoms with Crippen LogP contribution in [0.15, 0.2) is 18.2 Å². The van der Waals surface area contributed by atoms with E-state index in [2.05, 4.69) is 6.92 Å². The van der Waals surface area contributed by atoms with Gasteiger partial charge in [-0.1, -0.05) is 87.6 Å². The van der Waals surface area contributed by atoms with Crippen molar-refractivity contribution in [3.63, 3.8) is 0 Å². The van der Waals surface area contributed by atoms with Gasteiger partial charge in [0.05, 0.1) is 0 Å². The predicted molar refractivity (Wildman–Crippen MR) is 90.6 cm³/mol. The molecule has 0 saturated heterocycles. The van der Waals surface area contributed by atoms with Crippen molar-refractivity contribution in [1.29, 1.82) is 0 Å². The van der Waals surface area contributed by atoms with E-state index in [1.54, 1.807) is 6.07 Å². The molecule has 0 heterocycles. The van der Waals surface area contributed by atoms with Crippen molar-refractivity contribution in [1.82, 2.24) is 0 Å². The van der Waals surface area contributed by atoms with Crippen molar-refractivity contribution in [2.24, 2.45) is 5.73 Å². The number of hydrogen-bond acceptors (Lipinski definition) is 1. The van der Waals surface area contributed by atoms with Crippen LogP contribution in [0.4, 0.5) is 0 Å². The van der Waals surface area contributed by atoms with Gasteiger partial charge in [-0.3, -0.25) is 0 Å². The molecule has 0 spiro atoms. The van der Waals surface area contributed by atoms with Gasteiger partial charge in [-0.05, 0) is 24.1 Å². The Hall–Kier alpha value is -0.240. The molecule has 1 rings (SSSR count). The molecular formula is C17H27Cl2N. The first-order valence-electron chi connectivity index (χ1n) is 7.85. The van der Waals surface area contributed by atoms with E-state index in [-0.39, 0.29) is 6.04 Å². The molecule has 1 nitrogen and oxygen atoms in total. The summed E-state index contributed by atoms with van der Waals surface area (Å²) in [6.07, 6.45) is 11.6. The fourth-order valence-electron chi connectivity index (χ4n) is 2.46. The Kier molecular flexibility index (Phi) is 9.33. The van der Waals surface area contributed by atoms with Gasteiger partial charge in [0.25, 0.3) is 0 Å². The first-order valence-corrected chi connectivity index (χ1v) is 8.61. The minimum absolute atomic E-state index is 0.0276. The van der Waals surface area contributed by atoms with E-state index < -0.39 is 0 Å². The van der Waals surface area contributed by atoms with Crippen molar-refractivity contribution in [3.05, 3.63) is 33.8 Å². The summed E-state index contributed by atoms with van der Waals surface area (Å²) in [5.74, 6) is 0. The zero-order chi connectivity index (χ0) is 14.8. The van der Waals surface area contributed by atoms with Crippen molar-refractivity contribution in [3.8, 4) is 0 Å². The average Bonchev–Trinajstić information content (AvgIpc) is 2.41. The van der Waals surface area contributed by atoms with E-state index in [4.69, 9.17) is 28.9 Å². The minimum atomic E-state index is 0.0276. The molecule has 114 valence electrons. The summed E-state index contributed by atoms with van der Waals surface area (Å²) in [6, 6.07) is 5.60. The topological polar surface area (TPSA) is 26.0 Å². The quantitative estimate of drug-likeness (QED) is 0.488. The second kappa shape index (κ2) is 10.5. The Labute approximate surface area is 133 Å². The van der Waals surface area contributed by atoms with Gasteiger partial charge in [0.2, 0.25) is 0 Å². The number of rotatable bonds is 10. The molecule has 0 amide bonds. The van der Waals surface area contributed by atoms with Crippen LogP contribution in [0, 0.1) is 0 Å². The standard InChI is InChI=1S/C17H27Cl2N/c1-2-3-4-5-6-7-8-9-10-17(20)15-12-11-14(18)13-16(15)19/h11-13,17H,2-10,20H2,1H3. The van der Waals surface area contributed by atoms with Crippen LogP contribution in [0.2, 0.25) is 10.0 Å². The monoisotopic (exact) mass is 315 g/mol. The van der Waals surface area contributed by atoms with E-state index in [1.807, 2.05) is 12.1 Å². The molecule has 0 fully saturated rings. The maximum atomic E-state index is 6.20. The molecule has 1 unspecified atom stereocenters. The van der Waals surface area contributed by atoms with Crippen LogP contribution in [0.5, 0.6) is 0 Å². The van der Waals surface area contributed by atoms with Crippen LogP contribution in [0.1, 0.15) is 76.3 Å². The second-order valence-corrected chi connectivity index (χ2v) is 6.38. The Balaban J connectivity index is 2.15. The summed E-state index contributed by atoms with van der Waals surface area (Å²) < 4.78 is 0. The maximum Gasteiger partial charge on any atom is 0.0468 e. The number of halogens is 2. The molecular weight excluding hydrogens is 289 g/mol. The Morgan fingerprint density at radius 1 is 0.950 bits per heavy atom. The van der Waals surface area contributed by atoms with Crippen LogP contribution < -0.4 is 5.73 Å². The van der Waals surface area contributed by atoms with Crippen LogP contribution >= 0.6 is 23.2 Å². The summed E-state index contributed by atoms with van der Waals surface area (Å²) in [6.45, 7) is 2.25. The highest BCUT2D eigenvalue weighted by molar-refractivity contribution is 6.35. The zero-order valence-corrected chi connectivity index (χ0v) is 14.0. The SMILES string of the molecule is CCCCCCCCCCC(N)c1ccc(Cl)cc1Cl. The molecule has 0 aliphatic carbocycles. The molecule has 2 N–H and O–H groups in total. The van der Waals surface area contributed by atoms with Gasteiger partial charge >= 0.3 is 0 Å². The number of nitrogens with two attached hydrogens (primary N) is 1. The lowest BCUT2D eigenvalue weighted by molar-refractivity contribution is 0.536. The third-order valence-corrected chi connectivity index (χ3v) is 4.29. The average molecular weight is 316 g/mol. The summed E-state index contributed by atoms with van der Waals surface area (Å²) in [5.41, 5.74) is 7.21. The van der Waals surface area contributed by atoms with Crippen LogP contribution in [-0.4, -0.2) is 0 Å². The molecule has 0 bridgehead atoms. The lowest BCUT2D eigenvalue weighted by Gasteiger charge is -2.13. The molecule has 1 atom stereocenters. The van der Waals surface area contributed by atoms with Crippen molar-refractivity contribution in [2.75, 3.05) is 0 Å². The largest absolute Gasteiger partial charge is 0.324 e. The number of hydrogen-bond donors (Lipinski definition) is 1. The van der Waals surface area contributed by atoms with Gasteiger partial charge in [-0.25, -0.2) is 0 Å². The van der Waals surface area contributed by atoms with Crippen molar-refractivity contribution in [2.45, 2.75) is 70.8 Å². The second-order valence-electron chi connectivity index (χ2n) is 5.54. The summed E-state index contributed by atoms with van der Waals surface area (Å²) >= 11 is 12.1. The van der Waals surface area contributed by atoms with Gasteiger partial charge in [-0.2, -0.15) is 0 Å². The first-order chi connectivity index (χ1) is 9.65. The van der Waals surface area contributed by atoms with Crippen LogP contribution in [0.25, 0.3) is 0 Å². The Morgan fingerprint density at radius 2 is 1.55 bits per heavy atom. The van der Waals surface area contributed by atoms with E-state index in [0.717, 1.165) is 12.0 Å². The highest BCUT2D eigenvalue weighted by Gasteiger charge is 2.10. The van der Waals surface area contributed by atoms with E-state index in [1.165, 1.54) is 51.4 Å². The summed E-state index contributed by atoms with van der Waals surface area (Å²) in [5, 5.41) is 1.35. The lowest BCUT2D eigenvalue weighted by Crippen LogP contribution is -2.10. The third kappa shape index (κ3) is 6.97. The van der Waals surface area contributed by atoms with Crippen LogP contribution in [0.3, 0.4) is 0 Å². The fourth-order valence-corrected chi connectivity index (χ4v) is 3.00. The van der Waals surface area contributed by atoms with Crippen molar-refractivity contribution < 1.29 is 0 Å². The molecule has 20 heavy (non-hydrogen) atoms. The van der Waals surface area contributed by atoms with E-state index in [0.29, 0.717) is 10.0 Å². The number of benzene rings is 1. The van der Waals surface area contributed by atoms with Gasteiger partial charge in [0.15, 0.2) is 0 Å². The summed E-state index contributed by atoms with van der Waals surface area (Å²) in [7, 11) is 0. The van der Waals surface area contributed by atoms with Gasteiger partial charge in [-0.15, -0.1) is 0 Å². The molecule has 0 aliphatic rings. The Morgan fingerprint density at radius 3 is 2.15 bits per heavy atom. The highest BCUT2D eigenvalue weighted by Crippen LogP contribution is 2.27. The van der Waals surface area contributed by atoms with Crippen LogP contribution in [-0.2, 0) is 0 Å². The van der Waals surface area contributed by atoms with Gasteiger partial charge in [0.1, 0.15) is 0 Å².